The number of halogens is 2. The van der Waals surface area contributed by atoms with Crippen LogP contribution < -0.4 is 10.2 Å². The molecule has 0 aromatic heterocycles. The van der Waals surface area contributed by atoms with Crippen LogP contribution in [-0.2, 0) is 11.3 Å². The number of nitrogens with zero attached hydrogens (tertiary/aromatic N) is 2. The molecular weight excluding hydrogens is 336 g/mol. The van der Waals surface area contributed by atoms with E-state index in [1.807, 2.05) is 11.0 Å². The summed E-state index contributed by atoms with van der Waals surface area (Å²) in [5.41, 5.74) is 1.52. The summed E-state index contributed by atoms with van der Waals surface area (Å²) in [6, 6.07) is 12.9. The van der Waals surface area contributed by atoms with E-state index in [9.17, 15) is 13.6 Å². The quantitative estimate of drug-likeness (QED) is 0.862. The van der Waals surface area contributed by atoms with Gasteiger partial charge in [-0.25, -0.2) is 8.78 Å². The number of anilines is 1. The Morgan fingerprint density at radius 2 is 1.65 bits per heavy atom. The number of hydrogen-bond acceptors (Lipinski definition) is 3. The van der Waals surface area contributed by atoms with Gasteiger partial charge in [-0.15, -0.1) is 0 Å². The number of para-hydroxylation sites is 1. The van der Waals surface area contributed by atoms with Gasteiger partial charge in [-0.1, -0.05) is 24.3 Å². The first-order valence-corrected chi connectivity index (χ1v) is 8.85. The predicted molar refractivity (Wildman–Crippen MR) is 97.9 cm³/mol. The van der Waals surface area contributed by atoms with Gasteiger partial charge in [0.15, 0.2) is 0 Å². The van der Waals surface area contributed by atoms with Crippen molar-refractivity contribution in [2.45, 2.75) is 13.0 Å². The van der Waals surface area contributed by atoms with Crippen LogP contribution in [-0.4, -0.2) is 43.5 Å². The molecule has 0 unspecified atom stereocenters. The summed E-state index contributed by atoms with van der Waals surface area (Å²) in [6.07, 6.45) is 0.418. The lowest BCUT2D eigenvalue weighted by Crippen LogP contribution is -2.47. The molecule has 0 atom stereocenters. The predicted octanol–water partition coefficient (Wildman–Crippen LogP) is 2.79. The van der Waals surface area contributed by atoms with Crippen LogP contribution in [0, 0.1) is 11.6 Å². The third-order valence-electron chi connectivity index (χ3n) is 4.62. The van der Waals surface area contributed by atoms with E-state index in [1.165, 1.54) is 18.2 Å². The van der Waals surface area contributed by atoms with Gasteiger partial charge in [-0.05, 0) is 29.8 Å². The molecule has 138 valence electrons. The number of benzene rings is 2. The molecule has 1 heterocycles. The number of rotatable bonds is 6. The molecule has 1 N–H and O–H groups in total. The summed E-state index contributed by atoms with van der Waals surface area (Å²) < 4.78 is 26.7. The van der Waals surface area contributed by atoms with Crippen molar-refractivity contribution in [3.05, 3.63) is 65.7 Å². The average molecular weight is 359 g/mol. The Hall–Kier alpha value is -2.47. The van der Waals surface area contributed by atoms with Gasteiger partial charge in [-0.3, -0.25) is 9.69 Å². The van der Waals surface area contributed by atoms with Crippen molar-refractivity contribution in [1.82, 2.24) is 10.2 Å². The van der Waals surface area contributed by atoms with E-state index in [0.717, 1.165) is 31.7 Å². The Morgan fingerprint density at radius 3 is 2.35 bits per heavy atom. The van der Waals surface area contributed by atoms with Crippen molar-refractivity contribution < 1.29 is 13.6 Å². The largest absolute Gasteiger partial charge is 0.367 e. The molecule has 2 aromatic rings. The molecule has 0 bridgehead atoms. The van der Waals surface area contributed by atoms with E-state index in [4.69, 9.17) is 0 Å². The molecule has 1 fully saturated rings. The smallest absolute Gasteiger partial charge is 0.221 e. The van der Waals surface area contributed by atoms with Crippen LogP contribution in [0.25, 0.3) is 0 Å². The molecule has 1 saturated heterocycles. The van der Waals surface area contributed by atoms with Gasteiger partial charge >= 0.3 is 0 Å². The lowest BCUT2D eigenvalue weighted by Gasteiger charge is -2.36. The van der Waals surface area contributed by atoms with Crippen molar-refractivity contribution >= 4 is 11.6 Å². The molecule has 4 nitrogen and oxygen atoms in total. The Bertz CT molecular complexity index is 728. The first-order valence-electron chi connectivity index (χ1n) is 8.85. The molecule has 1 amide bonds. The summed E-state index contributed by atoms with van der Waals surface area (Å²) >= 11 is 0. The Kier molecular flexibility index (Phi) is 6.17. The summed E-state index contributed by atoms with van der Waals surface area (Å²) in [6.45, 7) is 4.19. The summed E-state index contributed by atoms with van der Waals surface area (Å²) in [5, 5.41) is 2.85. The highest BCUT2D eigenvalue weighted by Crippen LogP contribution is 2.20. The van der Waals surface area contributed by atoms with E-state index in [-0.39, 0.29) is 17.5 Å². The number of nitrogens with one attached hydrogen (secondary N) is 1. The van der Waals surface area contributed by atoms with E-state index in [1.54, 1.807) is 24.3 Å². The molecule has 0 spiro atoms. The molecule has 0 radical (unpaired) electrons. The van der Waals surface area contributed by atoms with Crippen LogP contribution in [0.4, 0.5) is 14.5 Å². The Balaban J connectivity index is 1.37. The zero-order valence-corrected chi connectivity index (χ0v) is 14.6. The summed E-state index contributed by atoms with van der Waals surface area (Å²) in [7, 11) is 0. The van der Waals surface area contributed by atoms with E-state index in [2.05, 4.69) is 10.2 Å². The molecule has 1 aliphatic heterocycles. The van der Waals surface area contributed by atoms with Crippen molar-refractivity contribution in [3.63, 3.8) is 0 Å². The van der Waals surface area contributed by atoms with Gasteiger partial charge in [-0.2, -0.15) is 0 Å². The van der Waals surface area contributed by atoms with Crippen molar-refractivity contribution in [1.29, 1.82) is 0 Å². The minimum Gasteiger partial charge on any atom is -0.367 e. The fourth-order valence-electron chi connectivity index (χ4n) is 3.07. The second-order valence-corrected chi connectivity index (χ2v) is 6.43. The summed E-state index contributed by atoms with van der Waals surface area (Å²) in [4.78, 5) is 16.2. The highest BCUT2D eigenvalue weighted by Gasteiger charge is 2.19. The maximum Gasteiger partial charge on any atom is 0.221 e. The maximum absolute atomic E-state index is 13.8. The SMILES string of the molecule is O=C(CCN1CCN(c2ccccc2F)CC1)NCc1ccc(F)cc1. The number of carbonyl (C=O) groups is 1. The molecule has 0 saturated carbocycles. The van der Waals surface area contributed by atoms with Crippen LogP contribution in [0.3, 0.4) is 0 Å². The number of piperazine rings is 1. The normalized spacial score (nSPS) is 15.1. The van der Waals surface area contributed by atoms with Crippen LogP contribution >= 0.6 is 0 Å². The average Bonchev–Trinajstić information content (AvgIpc) is 2.67. The van der Waals surface area contributed by atoms with Gasteiger partial charge < -0.3 is 10.2 Å². The van der Waals surface area contributed by atoms with Gasteiger partial charge in [0.1, 0.15) is 11.6 Å². The molecule has 2 aromatic carbocycles. The molecule has 3 rings (SSSR count). The second-order valence-electron chi connectivity index (χ2n) is 6.43. The van der Waals surface area contributed by atoms with Gasteiger partial charge in [0.05, 0.1) is 5.69 Å². The second kappa shape index (κ2) is 8.76. The zero-order valence-electron chi connectivity index (χ0n) is 14.6. The lowest BCUT2D eigenvalue weighted by molar-refractivity contribution is -0.121. The Labute approximate surface area is 152 Å². The minimum absolute atomic E-state index is 0.0224. The van der Waals surface area contributed by atoms with Gasteiger partial charge in [0.2, 0.25) is 5.91 Å². The van der Waals surface area contributed by atoms with Gasteiger partial charge in [0, 0.05) is 45.7 Å². The molecule has 0 aliphatic carbocycles. The standard InChI is InChI=1S/C20H23F2N3O/c21-17-7-5-16(6-8-17)15-23-20(26)9-10-24-11-13-25(14-12-24)19-4-2-1-3-18(19)22/h1-8H,9-15H2,(H,23,26). The molecule has 26 heavy (non-hydrogen) atoms. The van der Waals surface area contributed by atoms with Gasteiger partial charge in [0.25, 0.3) is 0 Å². The zero-order chi connectivity index (χ0) is 18.4. The van der Waals surface area contributed by atoms with E-state index in [0.29, 0.717) is 25.2 Å². The fourth-order valence-corrected chi connectivity index (χ4v) is 3.07. The van der Waals surface area contributed by atoms with Crippen molar-refractivity contribution in [2.75, 3.05) is 37.6 Å². The van der Waals surface area contributed by atoms with Crippen LogP contribution in [0.1, 0.15) is 12.0 Å². The first-order chi connectivity index (χ1) is 12.6. The van der Waals surface area contributed by atoms with Crippen molar-refractivity contribution in [2.24, 2.45) is 0 Å². The van der Waals surface area contributed by atoms with Crippen molar-refractivity contribution in [3.8, 4) is 0 Å². The number of carbonyl (C=O) groups excluding carboxylic acids is 1. The van der Waals surface area contributed by atoms with Crippen LogP contribution in [0.2, 0.25) is 0 Å². The molecule has 6 heteroatoms. The maximum atomic E-state index is 13.8. The molecule has 1 aliphatic rings. The molecular formula is C20H23F2N3O. The number of amides is 1. The highest BCUT2D eigenvalue weighted by atomic mass is 19.1. The fraction of sp³-hybridized carbons (Fsp3) is 0.350. The topological polar surface area (TPSA) is 35.6 Å². The Morgan fingerprint density at radius 1 is 0.962 bits per heavy atom. The third kappa shape index (κ3) is 5.02. The third-order valence-corrected chi connectivity index (χ3v) is 4.62. The monoisotopic (exact) mass is 359 g/mol. The van der Waals surface area contributed by atoms with Crippen LogP contribution in [0.15, 0.2) is 48.5 Å². The number of hydrogen-bond donors (Lipinski definition) is 1. The van der Waals surface area contributed by atoms with E-state index >= 15 is 0 Å². The highest BCUT2D eigenvalue weighted by molar-refractivity contribution is 5.76. The minimum atomic E-state index is -0.283. The van der Waals surface area contributed by atoms with E-state index < -0.39 is 0 Å². The van der Waals surface area contributed by atoms with Crippen LogP contribution in [0.5, 0.6) is 0 Å². The lowest BCUT2D eigenvalue weighted by atomic mass is 10.2. The summed E-state index contributed by atoms with van der Waals surface area (Å²) in [5.74, 6) is -0.499. The first kappa shape index (κ1) is 18.3.